The fourth-order valence-electron chi connectivity index (χ4n) is 2.89. The topological polar surface area (TPSA) is 75.3 Å². The summed E-state index contributed by atoms with van der Waals surface area (Å²) in [7, 11) is -3.94. The highest BCUT2D eigenvalue weighted by Crippen LogP contribution is 2.20. The number of para-hydroxylation sites is 1. The lowest BCUT2D eigenvalue weighted by molar-refractivity contribution is -0.116. The van der Waals surface area contributed by atoms with Gasteiger partial charge in [0.2, 0.25) is 5.91 Å². The van der Waals surface area contributed by atoms with E-state index in [9.17, 15) is 17.6 Å². The van der Waals surface area contributed by atoms with Crippen molar-refractivity contribution < 1.29 is 17.6 Å². The molecular formula is C23H23FN2O3S. The van der Waals surface area contributed by atoms with Gasteiger partial charge in [-0.3, -0.25) is 9.52 Å². The summed E-state index contributed by atoms with van der Waals surface area (Å²) in [6.07, 6.45) is 1.91. The Bertz CT molecular complexity index is 1110. The van der Waals surface area contributed by atoms with Crippen LogP contribution in [0.1, 0.15) is 24.5 Å². The smallest absolute Gasteiger partial charge is 0.261 e. The lowest BCUT2D eigenvalue weighted by Crippen LogP contribution is -2.15. The normalized spacial score (nSPS) is 11.1. The minimum atomic E-state index is -3.94. The first-order valence-electron chi connectivity index (χ1n) is 9.62. The Labute approximate surface area is 176 Å². The summed E-state index contributed by atoms with van der Waals surface area (Å²) < 4.78 is 40.8. The number of rotatable bonds is 8. The van der Waals surface area contributed by atoms with E-state index < -0.39 is 15.8 Å². The molecule has 0 aliphatic carbocycles. The quantitative estimate of drug-likeness (QED) is 0.545. The van der Waals surface area contributed by atoms with Crippen molar-refractivity contribution in [2.45, 2.75) is 31.1 Å². The standard InChI is InChI=1S/C23H23FN2O3S/c1-2-17-7-9-18(10-8-17)11-16-23(27)25-19-12-14-20(15-13-19)30(28,29)26-22-6-4-3-5-21(22)24/h3-10,12-15,26H,2,11,16H2,1H3,(H,25,27). The van der Waals surface area contributed by atoms with Gasteiger partial charge >= 0.3 is 0 Å². The summed E-state index contributed by atoms with van der Waals surface area (Å²) in [5.74, 6) is -0.816. The highest BCUT2D eigenvalue weighted by Gasteiger charge is 2.16. The molecular weight excluding hydrogens is 403 g/mol. The summed E-state index contributed by atoms with van der Waals surface area (Å²) in [6.45, 7) is 2.09. The van der Waals surface area contributed by atoms with Gasteiger partial charge in [0.1, 0.15) is 5.82 Å². The molecule has 0 fully saturated rings. The maximum Gasteiger partial charge on any atom is 0.261 e. The van der Waals surface area contributed by atoms with Crippen LogP contribution in [0.4, 0.5) is 15.8 Å². The summed E-state index contributed by atoms with van der Waals surface area (Å²) in [5.41, 5.74) is 2.71. The molecule has 5 nitrogen and oxygen atoms in total. The Morgan fingerprint density at radius 1 is 0.900 bits per heavy atom. The molecule has 3 aromatic carbocycles. The number of amides is 1. The number of anilines is 2. The van der Waals surface area contributed by atoms with E-state index in [2.05, 4.69) is 29.1 Å². The van der Waals surface area contributed by atoms with Crippen molar-refractivity contribution in [3.63, 3.8) is 0 Å². The van der Waals surface area contributed by atoms with Crippen LogP contribution >= 0.6 is 0 Å². The highest BCUT2D eigenvalue weighted by atomic mass is 32.2. The minimum Gasteiger partial charge on any atom is -0.326 e. The minimum absolute atomic E-state index is 0.0280. The lowest BCUT2D eigenvalue weighted by atomic mass is 10.1. The molecule has 1 amide bonds. The van der Waals surface area contributed by atoms with Gasteiger partial charge in [0.15, 0.2) is 0 Å². The van der Waals surface area contributed by atoms with Crippen molar-refractivity contribution in [1.29, 1.82) is 0 Å². The highest BCUT2D eigenvalue weighted by molar-refractivity contribution is 7.92. The molecule has 30 heavy (non-hydrogen) atoms. The van der Waals surface area contributed by atoms with Crippen LogP contribution in [-0.4, -0.2) is 14.3 Å². The number of hydrogen-bond donors (Lipinski definition) is 2. The second kappa shape index (κ2) is 9.54. The van der Waals surface area contributed by atoms with Crippen molar-refractivity contribution >= 4 is 27.3 Å². The van der Waals surface area contributed by atoms with Gasteiger partial charge in [-0.15, -0.1) is 0 Å². The molecule has 0 saturated carbocycles. The van der Waals surface area contributed by atoms with Gasteiger partial charge in [0, 0.05) is 12.1 Å². The molecule has 0 aliphatic rings. The average Bonchev–Trinajstić information content (AvgIpc) is 2.74. The maximum absolute atomic E-state index is 13.7. The van der Waals surface area contributed by atoms with Crippen LogP contribution < -0.4 is 10.0 Å². The summed E-state index contributed by atoms with van der Waals surface area (Å²) in [5, 5.41) is 2.76. The Morgan fingerprint density at radius 2 is 1.53 bits per heavy atom. The van der Waals surface area contributed by atoms with E-state index in [1.165, 1.54) is 54.1 Å². The summed E-state index contributed by atoms with van der Waals surface area (Å²) in [4.78, 5) is 12.2. The molecule has 3 rings (SSSR count). The summed E-state index contributed by atoms with van der Waals surface area (Å²) in [6, 6.07) is 19.4. The maximum atomic E-state index is 13.7. The van der Waals surface area contributed by atoms with E-state index in [1.807, 2.05) is 12.1 Å². The third-order valence-electron chi connectivity index (χ3n) is 4.64. The molecule has 7 heteroatoms. The van der Waals surface area contributed by atoms with Crippen LogP contribution in [0.3, 0.4) is 0 Å². The number of benzene rings is 3. The second-order valence-corrected chi connectivity index (χ2v) is 8.51. The first kappa shape index (κ1) is 21.5. The van der Waals surface area contributed by atoms with Gasteiger partial charge in [-0.2, -0.15) is 0 Å². The number of sulfonamides is 1. The molecule has 0 heterocycles. The largest absolute Gasteiger partial charge is 0.326 e. The van der Waals surface area contributed by atoms with Crippen LogP contribution in [-0.2, 0) is 27.7 Å². The lowest BCUT2D eigenvalue weighted by Gasteiger charge is -2.10. The van der Waals surface area contributed by atoms with Crippen LogP contribution in [0, 0.1) is 5.82 Å². The van der Waals surface area contributed by atoms with Crippen LogP contribution in [0.2, 0.25) is 0 Å². The number of halogens is 1. The van der Waals surface area contributed by atoms with E-state index >= 15 is 0 Å². The molecule has 0 aromatic heterocycles. The van der Waals surface area contributed by atoms with Gasteiger partial charge in [-0.05, 0) is 60.4 Å². The number of nitrogens with one attached hydrogen (secondary N) is 2. The zero-order valence-corrected chi connectivity index (χ0v) is 17.4. The van der Waals surface area contributed by atoms with Crippen LogP contribution in [0.15, 0.2) is 77.7 Å². The van der Waals surface area contributed by atoms with E-state index in [0.29, 0.717) is 18.5 Å². The Balaban J connectivity index is 1.58. The predicted molar refractivity (Wildman–Crippen MR) is 116 cm³/mol. The van der Waals surface area contributed by atoms with E-state index in [0.717, 1.165) is 12.0 Å². The van der Waals surface area contributed by atoms with Crippen molar-refractivity contribution in [1.82, 2.24) is 0 Å². The fraction of sp³-hybridized carbons (Fsp3) is 0.174. The van der Waals surface area contributed by atoms with Crippen molar-refractivity contribution in [2.24, 2.45) is 0 Å². The zero-order valence-electron chi connectivity index (χ0n) is 16.6. The average molecular weight is 427 g/mol. The Morgan fingerprint density at radius 3 is 2.17 bits per heavy atom. The van der Waals surface area contributed by atoms with E-state index in [1.54, 1.807) is 0 Å². The predicted octanol–water partition coefficient (Wildman–Crippen LogP) is 4.76. The molecule has 0 radical (unpaired) electrons. The monoisotopic (exact) mass is 426 g/mol. The molecule has 0 atom stereocenters. The Hall–Kier alpha value is -3.19. The molecule has 0 saturated heterocycles. The van der Waals surface area contributed by atoms with Crippen molar-refractivity contribution in [3.8, 4) is 0 Å². The third kappa shape index (κ3) is 5.67. The van der Waals surface area contributed by atoms with Crippen molar-refractivity contribution in [3.05, 3.63) is 89.7 Å². The molecule has 0 bridgehead atoms. The molecule has 0 aliphatic heterocycles. The SMILES string of the molecule is CCc1ccc(CCC(=O)Nc2ccc(S(=O)(=O)Nc3ccccc3F)cc2)cc1. The number of carbonyl (C=O) groups is 1. The molecule has 2 N–H and O–H groups in total. The molecule has 0 unspecified atom stereocenters. The van der Waals surface area contributed by atoms with Gasteiger partial charge in [-0.1, -0.05) is 43.3 Å². The van der Waals surface area contributed by atoms with Gasteiger partial charge in [0.25, 0.3) is 10.0 Å². The van der Waals surface area contributed by atoms with Crippen LogP contribution in [0.5, 0.6) is 0 Å². The first-order valence-corrected chi connectivity index (χ1v) is 11.1. The second-order valence-electron chi connectivity index (χ2n) is 6.83. The van der Waals surface area contributed by atoms with Crippen molar-refractivity contribution in [2.75, 3.05) is 10.0 Å². The van der Waals surface area contributed by atoms with Gasteiger partial charge in [-0.25, -0.2) is 12.8 Å². The van der Waals surface area contributed by atoms with Crippen LogP contribution in [0.25, 0.3) is 0 Å². The fourth-order valence-corrected chi connectivity index (χ4v) is 3.96. The molecule has 3 aromatic rings. The number of hydrogen-bond acceptors (Lipinski definition) is 3. The van der Waals surface area contributed by atoms with Gasteiger partial charge < -0.3 is 5.32 Å². The summed E-state index contributed by atoms with van der Waals surface area (Å²) >= 11 is 0. The van der Waals surface area contributed by atoms with E-state index in [-0.39, 0.29) is 16.5 Å². The number of aryl methyl sites for hydroxylation is 2. The molecule has 156 valence electrons. The molecule has 0 spiro atoms. The zero-order chi connectivity index (χ0) is 21.6. The Kier molecular flexibility index (Phi) is 6.84. The number of carbonyl (C=O) groups excluding carboxylic acids is 1. The van der Waals surface area contributed by atoms with Gasteiger partial charge in [0.05, 0.1) is 10.6 Å². The first-order chi connectivity index (χ1) is 14.4. The van der Waals surface area contributed by atoms with E-state index in [4.69, 9.17) is 0 Å². The third-order valence-corrected chi connectivity index (χ3v) is 6.02.